The van der Waals surface area contributed by atoms with Crippen LogP contribution in [0.25, 0.3) is 0 Å². The summed E-state index contributed by atoms with van der Waals surface area (Å²) in [5, 5.41) is 0. The van der Waals surface area contributed by atoms with E-state index in [1.54, 1.807) is 0 Å². The number of rotatable bonds is 0. The molecule has 48 valence electrons. The van der Waals surface area contributed by atoms with Crippen molar-refractivity contribution in [2.45, 2.75) is 0 Å². The molecule has 0 heterocycles. The van der Waals surface area contributed by atoms with Crippen molar-refractivity contribution in [3.8, 4) is 0 Å². The van der Waals surface area contributed by atoms with Crippen LogP contribution in [0, 0.1) is 0 Å². The van der Waals surface area contributed by atoms with Crippen molar-refractivity contribution >= 4 is 45.3 Å². The van der Waals surface area contributed by atoms with E-state index < -0.39 is 9.05 Å². The molecule has 0 bridgehead atoms. The van der Waals surface area contributed by atoms with Crippen LogP contribution in [0.2, 0.25) is 0 Å². The van der Waals surface area contributed by atoms with Gasteiger partial charge in [-0.2, -0.15) is 0 Å². The van der Waals surface area contributed by atoms with E-state index in [1.807, 2.05) is 0 Å². The maximum absolute atomic E-state index is 7.33. The summed E-state index contributed by atoms with van der Waals surface area (Å²) >= 11 is 0. The van der Waals surface area contributed by atoms with E-state index in [2.05, 4.69) is 0 Å². The molecular formula is H10AlLiO5Si. The van der Waals surface area contributed by atoms with Crippen molar-refractivity contribution in [3.63, 3.8) is 0 Å². The normalized spacial score (nSPS) is 7.50. The molecule has 0 unspecified atom stereocenters. The molecule has 0 amide bonds. The Morgan fingerprint density at radius 3 is 0.875 bits per heavy atom. The third-order valence-corrected chi connectivity index (χ3v) is 0. The molecule has 8 heteroatoms. The Balaban J connectivity index is -0.0000000267. The second-order valence-electron chi connectivity index (χ2n) is 0.600. The zero-order chi connectivity index (χ0) is 4.50. The first-order valence-corrected chi connectivity index (χ1v) is 2.68. The van der Waals surface area contributed by atoms with Gasteiger partial charge in [0, 0.05) is 0 Å². The molecule has 0 aromatic heterocycles. The van der Waals surface area contributed by atoms with Crippen LogP contribution in [0.5, 0.6) is 0 Å². The monoisotopic (exact) mass is 152 g/mol. The van der Waals surface area contributed by atoms with Crippen molar-refractivity contribution in [2.24, 2.45) is 0 Å². The average Bonchev–Trinajstić information content (AvgIpc) is 0.722. The Labute approximate surface area is 70.1 Å². The summed E-state index contributed by atoms with van der Waals surface area (Å²) in [4.78, 5) is 29.3. The second-order valence-corrected chi connectivity index (χ2v) is 1.80. The molecule has 0 aliphatic carbocycles. The van der Waals surface area contributed by atoms with Crippen LogP contribution >= 0.6 is 0 Å². The van der Waals surface area contributed by atoms with E-state index in [9.17, 15) is 0 Å². The maximum atomic E-state index is 7.33. The Morgan fingerprint density at radius 2 is 0.875 bits per heavy atom. The van der Waals surface area contributed by atoms with Crippen molar-refractivity contribution in [1.29, 1.82) is 0 Å². The summed E-state index contributed by atoms with van der Waals surface area (Å²) in [6.45, 7) is 0. The molecule has 0 atom stereocenters. The van der Waals surface area contributed by atoms with Crippen LogP contribution in [0.15, 0.2) is 0 Å². The Hall–Kier alpha value is 1.15. The molecule has 0 saturated heterocycles. The van der Waals surface area contributed by atoms with Gasteiger partial charge in [-0.1, -0.05) is 0 Å². The van der Waals surface area contributed by atoms with Gasteiger partial charge < -0.3 is 24.7 Å². The first-order valence-electron chi connectivity index (χ1n) is 0.894. The minimum absolute atomic E-state index is 0. The van der Waals surface area contributed by atoms with E-state index in [0.717, 1.165) is 0 Å². The first kappa shape index (κ1) is 22.9. The van der Waals surface area contributed by atoms with Crippen LogP contribution in [0.4, 0.5) is 0 Å². The second kappa shape index (κ2) is 8.15. The molecule has 0 saturated carbocycles. The Kier molecular flexibility index (Phi) is 23.3. The molecule has 0 radical (unpaired) electrons. The summed E-state index contributed by atoms with van der Waals surface area (Å²) in [6, 6.07) is 0. The molecule has 8 heavy (non-hydrogen) atoms. The van der Waals surface area contributed by atoms with Crippen LogP contribution in [0.3, 0.4) is 0 Å². The minimum atomic E-state index is -4.61. The predicted molar refractivity (Wildman–Crippen MR) is 35.3 cm³/mol. The molecular weight excluding hydrogens is 142 g/mol. The van der Waals surface area contributed by atoms with E-state index in [0.29, 0.717) is 0 Å². The topological polar surface area (TPSA) is 112 Å². The molecule has 0 aliphatic rings. The molecule has 0 fully saturated rings. The van der Waals surface area contributed by atoms with Gasteiger partial charge in [-0.05, 0) is 0 Å². The summed E-state index contributed by atoms with van der Waals surface area (Å²) < 4.78 is 0. The molecule has 6 N–H and O–H groups in total. The van der Waals surface area contributed by atoms with E-state index in [-0.39, 0.29) is 41.7 Å². The van der Waals surface area contributed by atoms with Crippen LogP contribution in [-0.2, 0) is 0 Å². The molecule has 0 spiro atoms. The zero-order valence-electron chi connectivity index (χ0n) is 2.79. The molecule has 0 aliphatic heterocycles. The Morgan fingerprint density at radius 1 is 0.875 bits per heavy atom. The first-order chi connectivity index (χ1) is 2.00. The quantitative estimate of drug-likeness (QED) is 0.260. The van der Waals surface area contributed by atoms with Crippen molar-refractivity contribution in [3.05, 3.63) is 0 Å². The molecule has 5 nitrogen and oxygen atoms in total. The van der Waals surface area contributed by atoms with Crippen molar-refractivity contribution in [2.75, 3.05) is 0 Å². The SMILES string of the molecule is O.O[Si](O)(O)O.[AlH3].[LiH]. The van der Waals surface area contributed by atoms with Crippen molar-refractivity contribution in [1.82, 2.24) is 0 Å². The van der Waals surface area contributed by atoms with Gasteiger partial charge >= 0.3 is 27.9 Å². The fourth-order valence-electron chi connectivity index (χ4n) is 0. The molecule has 0 aromatic rings. The molecule has 0 rings (SSSR count). The standard InChI is InChI=1S/Al.Li.H4O4Si.H2O.4H/c;;1-5(2,3)4;;;;;/h;;1-4H;1H2;;;;. The van der Waals surface area contributed by atoms with E-state index >= 15 is 0 Å². The zero-order valence-corrected chi connectivity index (χ0v) is 3.79. The van der Waals surface area contributed by atoms with Crippen molar-refractivity contribution < 1.29 is 24.7 Å². The predicted octanol–water partition coefficient (Wildman–Crippen LogP) is -5.27. The van der Waals surface area contributed by atoms with Crippen LogP contribution < -0.4 is 0 Å². The van der Waals surface area contributed by atoms with Gasteiger partial charge in [0.15, 0.2) is 17.4 Å². The van der Waals surface area contributed by atoms with Gasteiger partial charge in [0.25, 0.3) is 0 Å². The van der Waals surface area contributed by atoms with Gasteiger partial charge in [0.05, 0.1) is 0 Å². The number of hydrogen-bond acceptors (Lipinski definition) is 4. The summed E-state index contributed by atoms with van der Waals surface area (Å²) in [7, 11) is -4.61. The summed E-state index contributed by atoms with van der Waals surface area (Å²) in [6.07, 6.45) is 0. The average molecular weight is 152 g/mol. The van der Waals surface area contributed by atoms with Crippen LogP contribution in [0.1, 0.15) is 0 Å². The fraction of sp³-hybridized carbons (Fsp3) is 0. The summed E-state index contributed by atoms with van der Waals surface area (Å²) in [5.41, 5.74) is 0. The fourth-order valence-corrected chi connectivity index (χ4v) is 0. The van der Waals surface area contributed by atoms with Gasteiger partial charge in [-0.3, -0.25) is 0 Å². The van der Waals surface area contributed by atoms with Gasteiger partial charge in [-0.15, -0.1) is 0 Å². The third kappa shape index (κ3) is 205. The third-order valence-electron chi connectivity index (χ3n) is 0. The van der Waals surface area contributed by atoms with Crippen LogP contribution in [-0.4, -0.2) is 69.9 Å². The van der Waals surface area contributed by atoms with E-state index in [4.69, 9.17) is 19.2 Å². The van der Waals surface area contributed by atoms with Gasteiger partial charge in [-0.25, -0.2) is 0 Å². The van der Waals surface area contributed by atoms with Gasteiger partial charge in [0.1, 0.15) is 0 Å². The molecule has 0 aromatic carbocycles. The van der Waals surface area contributed by atoms with E-state index in [1.165, 1.54) is 0 Å². The Bertz CT molecular complexity index is 27.9. The van der Waals surface area contributed by atoms with Gasteiger partial charge in [0.2, 0.25) is 0 Å². The number of hydrogen-bond donors (Lipinski definition) is 4. The summed E-state index contributed by atoms with van der Waals surface area (Å²) in [5.74, 6) is 0.